The average Bonchev–Trinajstić information content (AvgIpc) is 2.98. The largest absolute Gasteiger partial charge is 0.351 e. The zero-order chi connectivity index (χ0) is 11.0. The summed E-state index contributed by atoms with van der Waals surface area (Å²) >= 11 is 5.14. The summed E-state index contributed by atoms with van der Waals surface area (Å²) in [6.45, 7) is 0. The monoisotopic (exact) mass is 295 g/mol. The van der Waals surface area contributed by atoms with E-state index >= 15 is 0 Å². The first-order valence-corrected chi connectivity index (χ1v) is 6.77. The number of nitrogens with zero attached hydrogens (tertiary/aromatic N) is 2. The molecule has 82 valence electrons. The Morgan fingerprint density at radius 1 is 1.31 bits per heavy atom. The van der Waals surface area contributed by atoms with E-state index in [0.717, 1.165) is 20.3 Å². The highest BCUT2D eigenvalue weighted by Crippen LogP contribution is 2.30. The lowest BCUT2D eigenvalue weighted by Crippen LogP contribution is -2.05. The van der Waals surface area contributed by atoms with Crippen LogP contribution >= 0.6 is 27.3 Å². The third-order valence-corrected chi connectivity index (χ3v) is 4.04. The van der Waals surface area contributed by atoms with Crippen LogP contribution in [0.25, 0.3) is 10.6 Å². The lowest BCUT2D eigenvalue weighted by atomic mass is 10.3. The Morgan fingerprint density at radius 3 is 2.88 bits per heavy atom. The summed E-state index contributed by atoms with van der Waals surface area (Å²) in [5.74, 6) is 0.740. The van der Waals surface area contributed by atoms with E-state index < -0.39 is 0 Å². The zero-order valence-electron chi connectivity index (χ0n) is 8.48. The van der Waals surface area contributed by atoms with E-state index in [-0.39, 0.29) is 0 Å². The summed E-state index contributed by atoms with van der Waals surface area (Å²) < 4.78 is 1.12. The first-order chi connectivity index (χ1) is 7.81. The number of halogens is 1. The summed E-state index contributed by atoms with van der Waals surface area (Å²) in [5, 5.41) is 3.30. The zero-order valence-corrected chi connectivity index (χ0v) is 10.9. The molecule has 1 saturated carbocycles. The van der Waals surface area contributed by atoms with Gasteiger partial charge in [-0.3, -0.25) is 0 Å². The number of aromatic nitrogens is 2. The molecule has 2 heterocycles. The lowest BCUT2D eigenvalue weighted by Gasteiger charge is -2.03. The molecule has 0 amide bonds. The smallest absolute Gasteiger partial charge is 0.223 e. The number of rotatable bonds is 3. The van der Waals surface area contributed by atoms with Gasteiger partial charge in [0.05, 0.1) is 14.4 Å². The minimum Gasteiger partial charge on any atom is -0.351 e. The van der Waals surface area contributed by atoms with Crippen LogP contribution in [-0.4, -0.2) is 16.0 Å². The van der Waals surface area contributed by atoms with Gasteiger partial charge in [-0.1, -0.05) is 0 Å². The van der Waals surface area contributed by atoms with Crippen LogP contribution in [0.3, 0.4) is 0 Å². The number of thiophene rings is 1. The average molecular weight is 296 g/mol. The van der Waals surface area contributed by atoms with Gasteiger partial charge in [-0.2, -0.15) is 0 Å². The quantitative estimate of drug-likeness (QED) is 0.941. The molecule has 0 atom stereocenters. The van der Waals surface area contributed by atoms with E-state index in [1.54, 1.807) is 17.5 Å². The van der Waals surface area contributed by atoms with E-state index in [4.69, 9.17) is 0 Å². The predicted octanol–water partition coefficient (Wildman–Crippen LogP) is 3.54. The molecule has 0 unspecified atom stereocenters. The first kappa shape index (κ1) is 10.2. The van der Waals surface area contributed by atoms with Gasteiger partial charge in [-0.15, -0.1) is 11.3 Å². The third kappa shape index (κ3) is 2.25. The maximum absolute atomic E-state index is 4.50. The van der Waals surface area contributed by atoms with Gasteiger partial charge in [0.1, 0.15) is 0 Å². The SMILES string of the molecule is Brc1ccc(-c2ccnc(NC3CC3)n2)s1. The minimum absolute atomic E-state index is 0.588. The van der Waals surface area contributed by atoms with Gasteiger partial charge in [0.25, 0.3) is 0 Å². The standard InChI is InChI=1S/C11H10BrN3S/c12-10-4-3-9(16-10)8-5-6-13-11(15-8)14-7-1-2-7/h3-7H,1-2H2,(H,13,14,15). The summed E-state index contributed by atoms with van der Waals surface area (Å²) in [7, 11) is 0. The van der Waals surface area contributed by atoms with Gasteiger partial charge < -0.3 is 5.32 Å². The second-order valence-corrected chi connectivity index (χ2v) is 6.25. The molecular weight excluding hydrogens is 286 g/mol. The summed E-state index contributed by atoms with van der Waals surface area (Å²) in [6, 6.07) is 6.63. The van der Waals surface area contributed by atoms with Crippen molar-refractivity contribution in [3.8, 4) is 10.6 Å². The van der Waals surface area contributed by atoms with E-state index in [1.807, 2.05) is 12.1 Å². The maximum Gasteiger partial charge on any atom is 0.223 e. The van der Waals surface area contributed by atoms with Crippen molar-refractivity contribution in [2.45, 2.75) is 18.9 Å². The fourth-order valence-electron chi connectivity index (χ4n) is 1.43. The number of hydrogen-bond acceptors (Lipinski definition) is 4. The van der Waals surface area contributed by atoms with Crippen molar-refractivity contribution in [3.05, 3.63) is 28.2 Å². The topological polar surface area (TPSA) is 37.8 Å². The van der Waals surface area contributed by atoms with Crippen LogP contribution in [0.4, 0.5) is 5.95 Å². The lowest BCUT2D eigenvalue weighted by molar-refractivity contribution is 1.06. The molecule has 3 nitrogen and oxygen atoms in total. The number of nitrogens with one attached hydrogen (secondary N) is 1. The molecular formula is C11H10BrN3S. The van der Waals surface area contributed by atoms with Crippen LogP contribution in [-0.2, 0) is 0 Å². The Hall–Kier alpha value is -0.940. The van der Waals surface area contributed by atoms with Crippen LogP contribution in [0.1, 0.15) is 12.8 Å². The highest BCUT2D eigenvalue weighted by molar-refractivity contribution is 9.11. The third-order valence-electron chi connectivity index (χ3n) is 2.39. The van der Waals surface area contributed by atoms with Crippen LogP contribution in [0.15, 0.2) is 28.2 Å². The van der Waals surface area contributed by atoms with Gasteiger partial charge in [-0.25, -0.2) is 9.97 Å². The van der Waals surface area contributed by atoms with Crippen molar-refractivity contribution >= 4 is 33.2 Å². The molecule has 3 rings (SSSR count). The molecule has 1 aliphatic carbocycles. The van der Waals surface area contributed by atoms with Gasteiger partial charge >= 0.3 is 0 Å². The molecule has 0 spiro atoms. The fourth-order valence-corrected chi connectivity index (χ4v) is 2.78. The van der Waals surface area contributed by atoms with E-state index in [2.05, 4.69) is 37.3 Å². The Bertz CT molecular complexity index is 507. The van der Waals surface area contributed by atoms with Crippen molar-refractivity contribution in [2.24, 2.45) is 0 Å². The highest BCUT2D eigenvalue weighted by Gasteiger charge is 2.21. The van der Waals surface area contributed by atoms with Crippen molar-refractivity contribution in [2.75, 3.05) is 5.32 Å². The van der Waals surface area contributed by atoms with Crippen molar-refractivity contribution in [1.82, 2.24) is 9.97 Å². The molecule has 2 aromatic rings. The minimum atomic E-state index is 0.588. The summed E-state index contributed by atoms with van der Waals surface area (Å²) in [4.78, 5) is 9.89. The summed E-state index contributed by atoms with van der Waals surface area (Å²) in [6.07, 6.45) is 4.27. The molecule has 1 fully saturated rings. The van der Waals surface area contributed by atoms with Crippen LogP contribution in [0.2, 0.25) is 0 Å². The second-order valence-electron chi connectivity index (χ2n) is 3.79. The summed E-state index contributed by atoms with van der Waals surface area (Å²) in [5.41, 5.74) is 0.980. The van der Waals surface area contributed by atoms with Crippen molar-refractivity contribution < 1.29 is 0 Å². The molecule has 2 aromatic heterocycles. The van der Waals surface area contributed by atoms with Gasteiger partial charge in [0, 0.05) is 12.2 Å². The Morgan fingerprint density at radius 2 is 2.19 bits per heavy atom. The van der Waals surface area contributed by atoms with E-state index in [9.17, 15) is 0 Å². The Labute approximate surface area is 106 Å². The van der Waals surface area contributed by atoms with Gasteiger partial charge in [0.2, 0.25) is 5.95 Å². The molecule has 16 heavy (non-hydrogen) atoms. The predicted molar refractivity (Wildman–Crippen MR) is 69.7 cm³/mol. The molecule has 0 aliphatic heterocycles. The second kappa shape index (κ2) is 4.14. The van der Waals surface area contributed by atoms with Crippen LogP contribution < -0.4 is 5.32 Å². The van der Waals surface area contributed by atoms with Crippen molar-refractivity contribution in [1.29, 1.82) is 0 Å². The van der Waals surface area contributed by atoms with Crippen LogP contribution in [0, 0.1) is 0 Å². The molecule has 1 aliphatic rings. The molecule has 0 saturated heterocycles. The fraction of sp³-hybridized carbons (Fsp3) is 0.273. The molecule has 0 radical (unpaired) electrons. The number of hydrogen-bond donors (Lipinski definition) is 1. The van der Waals surface area contributed by atoms with E-state index in [0.29, 0.717) is 6.04 Å². The van der Waals surface area contributed by atoms with Crippen LogP contribution in [0.5, 0.6) is 0 Å². The first-order valence-electron chi connectivity index (χ1n) is 5.16. The normalized spacial score (nSPS) is 15.1. The maximum atomic E-state index is 4.50. The molecule has 5 heteroatoms. The van der Waals surface area contributed by atoms with Crippen molar-refractivity contribution in [3.63, 3.8) is 0 Å². The highest BCUT2D eigenvalue weighted by atomic mass is 79.9. The van der Waals surface area contributed by atoms with Gasteiger partial charge in [-0.05, 0) is 47.0 Å². The molecule has 1 N–H and O–H groups in total. The van der Waals surface area contributed by atoms with E-state index in [1.165, 1.54) is 12.8 Å². The molecule has 0 aromatic carbocycles. The molecule has 0 bridgehead atoms. The number of anilines is 1. The Balaban J connectivity index is 1.88. The Kier molecular flexibility index (Phi) is 2.65. The van der Waals surface area contributed by atoms with Gasteiger partial charge in [0.15, 0.2) is 0 Å².